The number of piperazine rings is 1. The van der Waals surface area contributed by atoms with Crippen molar-refractivity contribution in [1.29, 1.82) is 0 Å². The number of phenols is 1. The second-order valence-electron chi connectivity index (χ2n) is 8.50. The summed E-state index contributed by atoms with van der Waals surface area (Å²) in [5, 5.41) is 15.4. The number of hydrogen-bond acceptors (Lipinski definition) is 6. The second-order valence-corrected chi connectivity index (χ2v) is 9.72. The molecule has 8 heteroatoms. The lowest BCUT2D eigenvalue weighted by Gasteiger charge is -2.35. The summed E-state index contributed by atoms with van der Waals surface area (Å²) in [6.45, 7) is 10.2. The summed E-state index contributed by atoms with van der Waals surface area (Å²) in [5.74, 6) is -0.344. The molecule has 1 unspecified atom stereocenters. The van der Waals surface area contributed by atoms with Crippen LogP contribution in [0.5, 0.6) is 5.75 Å². The minimum atomic E-state index is -0.386. The Morgan fingerprint density at radius 1 is 1.11 bits per heavy atom. The van der Waals surface area contributed by atoms with Crippen molar-refractivity contribution in [1.82, 2.24) is 4.90 Å². The first-order valence-corrected chi connectivity index (χ1v) is 12.9. The van der Waals surface area contributed by atoms with E-state index in [2.05, 4.69) is 63.2 Å². The first-order valence-electron chi connectivity index (χ1n) is 11.9. The Kier molecular flexibility index (Phi) is 8.60. The summed E-state index contributed by atoms with van der Waals surface area (Å²) in [6, 6.07) is 12.4. The second kappa shape index (κ2) is 12.0. The van der Waals surface area contributed by atoms with Gasteiger partial charge in [-0.25, -0.2) is 9.38 Å². The Balaban J connectivity index is 1.29. The van der Waals surface area contributed by atoms with Crippen LogP contribution >= 0.6 is 11.8 Å². The minimum absolute atomic E-state index is 0.0418. The van der Waals surface area contributed by atoms with Crippen molar-refractivity contribution in [3.63, 3.8) is 0 Å². The summed E-state index contributed by atoms with van der Waals surface area (Å²) in [4.78, 5) is 13.8. The van der Waals surface area contributed by atoms with Crippen LogP contribution < -0.4 is 10.2 Å². The Bertz CT molecular complexity index is 1120. The molecule has 2 N–H and O–H groups in total. The lowest BCUT2D eigenvalue weighted by Crippen LogP contribution is -2.46. The molecule has 2 aliphatic heterocycles. The molecule has 2 aliphatic rings. The van der Waals surface area contributed by atoms with Crippen LogP contribution in [0.15, 0.2) is 69.5 Å². The largest absolute Gasteiger partial charge is 0.507 e. The van der Waals surface area contributed by atoms with Crippen molar-refractivity contribution < 1.29 is 9.50 Å². The predicted molar refractivity (Wildman–Crippen MR) is 147 cm³/mol. The molecule has 1 atom stereocenters. The number of nitrogens with zero attached hydrogens (tertiary/aromatic N) is 4. The van der Waals surface area contributed by atoms with Crippen LogP contribution in [0.1, 0.15) is 19.4 Å². The predicted octanol–water partition coefficient (Wildman–Crippen LogP) is 5.24. The Hall–Kier alpha value is -3.10. The third-order valence-electron chi connectivity index (χ3n) is 6.22. The fraction of sp³-hybridized carbons (Fsp3) is 0.333. The van der Waals surface area contributed by atoms with Gasteiger partial charge in [-0.05, 0) is 61.3 Å². The van der Waals surface area contributed by atoms with Gasteiger partial charge in [0.2, 0.25) is 0 Å². The van der Waals surface area contributed by atoms with E-state index in [9.17, 15) is 9.50 Å². The van der Waals surface area contributed by atoms with Gasteiger partial charge in [-0.2, -0.15) is 0 Å². The van der Waals surface area contributed by atoms with Crippen LogP contribution in [0.3, 0.4) is 0 Å². The molecule has 4 rings (SSSR count). The lowest BCUT2D eigenvalue weighted by atomic mass is 10.1. The standard InChI is InChI=1S/C27H32FN5OS/c1-3-32-12-14-33(15-13-32)25-9-7-24(8-10-25)30-18-29-19-31-27-20(2)35-17-22(27)5-4-21-16-23(28)6-11-26(21)34/h4-11,16-17,19-20,30,34H,3,12-15,18H2,1-2H3/b5-4+,29-19?,31-27?. The third-order valence-corrected chi connectivity index (χ3v) is 7.24. The quantitative estimate of drug-likeness (QED) is 0.389. The number of nitrogens with one attached hydrogen (secondary N) is 1. The number of phenolic OH excluding ortho intramolecular Hbond substituents is 1. The van der Waals surface area contributed by atoms with Crippen LogP contribution in [0.2, 0.25) is 0 Å². The summed E-state index contributed by atoms with van der Waals surface area (Å²) >= 11 is 1.67. The van der Waals surface area contributed by atoms with Crippen molar-refractivity contribution >= 4 is 41.3 Å². The van der Waals surface area contributed by atoms with Gasteiger partial charge in [0.1, 0.15) is 24.6 Å². The van der Waals surface area contributed by atoms with Gasteiger partial charge in [-0.1, -0.05) is 19.1 Å². The number of aliphatic imine (C=N–C) groups is 2. The highest BCUT2D eigenvalue weighted by Gasteiger charge is 2.20. The molecule has 2 aromatic rings. The van der Waals surface area contributed by atoms with E-state index < -0.39 is 0 Å². The zero-order chi connectivity index (χ0) is 24.6. The molecule has 184 valence electrons. The van der Waals surface area contributed by atoms with Crippen molar-refractivity contribution in [2.24, 2.45) is 9.98 Å². The Morgan fingerprint density at radius 3 is 2.63 bits per heavy atom. The molecule has 0 bridgehead atoms. The average Bonchev–Trinajstić information content (AvgIpc) is 3.24. The SMILES string of the molecule is CCN1CCN(c2ccc(NCN=CN=C3C(/C=C/c4cc(F)ccc4O)=CSC3C)cc2)CC1. The fourth-order valence-corrected chi connectivity index (χ4v) is 4.95. The number of anilines is 2. The number of hydrogen-bond donors (Lipinski definition) is 2. The van der Waals surface area contributed by atoms with E-state index in [0.29, 0.717) is 12.2 Å². The third kappa shape index (κ3) is 6.74. The molecule has 0 aliphatic carbocycles. The molecule has 1 saturated heterocycles. The molecular formula is C27H32FN5OS. The molecule has 2 heterocycles. The van der Waals surface area contributed by atoms with Gasteiger partial charge < -0.3 is 20.2 Å². The fourth-order valence-electron chi connectivity index (χ4n) is 4.07. The van der Waals surface area contributed by atoms with E-state index >= 15 is 0 Å². The van der Waals surface area contributed by atoms with Gasteiger partial charge in [0, 0.05) is 53.9 Å². The molecule has 0 amide bonds. The van der Waals surface area contributed by atoms with E-state index in [1.807, 2.05) is 11.5 Å². The van der Waals surface area contributed by atoms with E-state index in [-0.39, 0.29) is 16.8 Å². The molecular weight excluding hydrogens is 461 g/mol. The van der Waals surface area contributed by atoms with Gasteiger partial charge in [-0.15, -0.1) is 11.8 Å². The monoisotopic (exact) mass is 493 g/mol. The summed E-state index contributed by atoms with van der Waals surface area (Å²) < 4.78 is 13.5. The van der Waals surface area contributed by atoms with Crippen LogP contribution in [-0.4, -0.2) is 66.7 Å². The maximum absolute atomic E-state index is 13.5. The maximum atomic E-state index is 13.5. The van der Waals surface area contributed by atoms with Crippen LogP contribution in [-0.2, 0) is 0 Å². The number of thioether (sulfide) groups is 1. The highest BCUT2D eigenvalue weighted by atomic mass is 32.2. The zero-order valence-corrected chi connectivity index (χ0v) is 21.0. The molecule has 0 radical (unpaired) electrons. The first-order chi connectivity index (χ1) is 17.0. The van der Waals surface area contributed by atoms with Crippen molar-refractivity contribution in [2.45, 2.75) is 19.1 Å². The molecule has 1 fully saturated rings. The summed E-state index contributed by atoms with van der Waals surface area (Å²) in [5.41, 5.74) is 4.54. The van der Waals surface area contributed by atoms with Crippen molar-refractivity contribution in [2.75, 3.05) is 49.6 Å². The van der Waals surface area contributed by atoms with Gasteiger partial charge in [0.15, 0.2) is 0 Å². The average molecular weight is 494 g/mol. The molecule has 35 heavy (non-hydrogen) atoms. The van der Waals surface area contributed by atoms with Crippen molar-refractivity contribution in [3.05, 3.63) is 70.9 Å². The molecule has 0 spiro atoms. The van der Waals surface area contributed by atoms with Crippen LogP contribution in [0.25, 0.3) is 6.08 Å². The summed E-state index contributed by atoms with van der Waals surface area (Å²) in [6.07, 6.45) is 5.12. The smallest absolute Gasteiger partial charge is 0.124 e. The number of halogens is 1. The van der Waals surface area contributed by atoms with Crippen molar-refractivity contribution in [3.8, 4) is 5.75 Å². The van der Waals surface area contributed by atoms with E-state index in [1.165, 1.54) is 23.9 Å². The number of aromatic hydroxyl groups is 1. The van der Waals surface area contributed by atoms with Gasteiger partial charge >= 0.3 is 0 Å². The Labute approximate surface area is 211 Å². The minimum Gasteiger partial charge on any atom is -0.507 e. The zero-order valence-electron chi connectivity index (χ0n) is 20.2. The van der Waals surface area contributed by atoms with Gasteiger partial charge in [0.25, 0.3) is 0 Å². The number of benzene rings is 2. The number of rotatable bonds is 8. The van der Waals surface area contributed by atoms with E-state index in [1.54, 1.807) is 24.2 Å². The van der Waals surface area contributed by atoms with E-state index in [0.717, 1.165) is 49.7 Å². The van der Waals surface area contributed by atoms with Gasteiger partial charge in [0.05, 0.1) is 5.71 Å². The number of allylic oxidation sites excluding steroid dienone is 2. The summed E-state index contributed by atoms with van der Waals surface area (Å²) in [7, 11) is 0. The maximum Gasteiger partial charge on any atom is 0.124 e. The van der Waals surface area contributed by atoms with E-state index in [4.69, 9.17) is 0 Å². The first kappa shape index (κ1) is 25.0. The lowest BCUT2D eigenvalue weighted by molar-refractivity contribution is 0.271. The van der Waals surface area contributed by atoms with Crippen LogP contribution in [0, 0.1) is 5.82 Å². The highest BCUT2D eigenvalue weighted by molar-refractivity contribution is 8.04. The van der Waals surface area contributed by atoms with Gasteiger partial charge in [-0.3, -0.25) is 4.99 Å². The molecule has 6 nitrogen and oxygen atoms in total. The number of likely N-dealkylation sites (N-methyl/N-ethyl adjacent to an activating group) is 1. The molecule has 0 saturated carbocycles. The molecule has 0 aromatic heterocycles. The normalized spacial score (nSPS) is 20.3. The topological polar surface area (TPSA) is 63.5 Å². The molecule has 2 aromatic carbocycles. The highest BCUT2D eigenvalue weighted by Crippen LogP contribution is 2.29. The Morgan fingerprint density at radius 2 is 1.89 bits per heavy atom. The van der Waals surface area contributed by atoms with Crippen LogP contribution in [0.4, 0.5) is 15.8 Å².